The van der Waals surface area contributed by atoms with E-state index in [-0.39, 0.29) is 11.7 Å². The van der Waals surface area contributed by atoms with E-state index in [2.05, 4.69) is 29.1 Å². The van der Waals surface area contributed by atoms with Gasteiger partial charge in [-0.15, -0.1) is 5.10 Å². The number of esters is 1. The molecule has 0 N–H and O–H groups in total. The highest BCUT2D eigenvalue weighted by Crippen LogP contribution is 2.27. The predicted octanol–water partition coefficient (Wildman–Crippen LogP) is 2.49. The van der Waals surface area contributed by atoms with Gasteiger partial charge in [-0.3, -0.25) is 4.98 Å². The maximum Gasteiger partial charge on any atom is 0.360 e. The van der Waals surface area contributed by atoms with Crippen molar-refractivity contribution in [3.05, 3.63) is 30.2 Å². The highest BCUT2D eigenvalue weighted by atomic mass is 16.5. The molecule has 0 amide bonds. The third kappa shape index (κ3) is 2.54. The van der Waals surface area contributed by atoms with E-state index in [1.54, 1.807) is 12.4 Å². The van der Waals surface area contributed by atoms with E-state index in [0.717, 1.165) is 18.4 Å². The first kappa shape index (κ1) is 14.2. The zero-order valence-electron chi connectivity index (χ0n) is 11.9. The Hall–Kier alpha value is -2.24. The van der Waals surface area contributed by atoms with Crippen LogP contribution in [0.3, 0.4) is 0 Å². The molecule has 2 rings (SSSR count). The maximum absolute atomic E-state index is 11.9. The number of carbonyl (C=O) groups is 1. The Balaban J connectivity index is 2.60. The lowest BCUT2D eigenvalue weighted by Gasteiger charge is -2.16. The molecule has 0 spiro atoms. The van der Waals surface area contributed by atoms with Gasteiger partial charge in [0.25, 0.3) is 0 Å². The SMILES string of the molecule is CCC(CC)n1nnc(C(=O)OC)c1-c1ccncc1. The molecule has 6 heteroatoms. The number of hydrogen-bond acceptors (Lipinski definition) is 5. The van der Waals surface area contributed by atoms with Crippen LogP contribution in [0.15, 0.2) is 24.5 Å². The molecule has 0 bridgehead atoms. The molecule has 2 aromatic rings. The number of ether oxygens (including phenoxy) is 1. The monoisotopic (exact) mass is 274 g/mol. The molecule has 2 aromatic heterocycles. The lowest BCUT2D eigenvalue weighted by molar-refractivity contribution is 0.0595. The minimum atomic E-state index is -0.478. The van der Waals surface area contributed by atoms with Crippen LogP contribution in [0.4, 0.5) is 0 Å². The molecule has 2 heterocycles. The molecule has 0 aliphatic carbocycles. The lowest BCUT2D eigenvalue weighted by atomic mass is 10.1. The summed E-state index contributed by atoms with van der Waals surface area (Å²) in [6.45, 7) is 4.17. The Bertz CT molecular complexity index is 576. The van der Waals surface area contributed by atoms with Gasteiger partial charge < -0.3 is 4.74 Å². The summed E-state index contributed by atoms with van der Waals surface area (Å²) in [5.74, 6) is -0.478. The molecular weight excluding hydrogens is 256 g/mol. The Labute approximate surface area is 117 Å². The van der Waals surface area contributed by atoms with Crippen LogP contribution < -0.4 is 0 Å². The van der Waals surface area contributed by atoms with E-state index in [9.17, 15) is 4.79 Å². The van der Waals surface area contributed by atoms with E-state index in [0.29, 0.717) is 5.69 Å². The summed E-state index contributed by atoms with van der Waals surface area (Å²) >= 11 is 0. The number of methoxy groups -OCH3 is 1. The average Bonchev–Trinajstić information content (AvgIpc) is 2.93. The number of pyridine rings is 1. The van der Waals surface area contributed by atoms with Crippen LogP contribution >= 0.6 is 0 Å². The van der Waals surface area contributed by atoms with Crippen molar-refractivity contribution in [1.82, 2.24) is 20.0 Å². The first-order valence-electron chi connectivity index (χ1n) is 6.66. The van der Waals surface area contributed by atoms with E-state index in [4.69, 9.17) is 4.74 Å². The molecule has 0 unspecified atom stereocenters. The number of nitrogens with zero attached hydrogens (tertiary/aromatic N) is 4. The van der Waals surface area contributed by atoms with E-state index in [1.165, 1.54) is 7.11 Å². The van der Waals surface area contributed by atoms with Crippen molar-refractivity contribution >= 4 is 5.97 Å². The second kappa shape index (κ2) is 6.27. The zero-order valence-corrected chi connectivity index (χ0v) is 11.9. The Morgan fingerprint density at radius 2 is 1.95 bits per heavy atom. The third-order valence-electron chi connectivity index (χ3n) is 3.32. The standard InChI is InChI=1S/C14H18N4O2/c1-4-11(5-2)18-13(10-6-8-15-9-7-10)12(16-17-18)14(19)20-3/h6-9,11H,4-5H2,1-3H3. The summed E-state index contributed by atoms with van der Waals surface area (Å²) < 4.78 is 6.60. The zero-order chi connectivity index (χ0) is 14.5. The summed E-state index contributed by atoms with van der Waals surface area (Å²) in [7, 11) is 1.34. The summed E-state index contributed by atoms with van der Waals surface area (Å²) in [6, 6.07) is 3.87. The molecule has 6 nitrogen and oxygen atoms in total. The quantitative estimate of drug-likeness (QED) is 0.783. The third-order valence-corrected chi connectivity index (χ3v) is 3.32. The lowest BCUT2D eigenvalue weighted by Crippen LogP contribution is -2.12. The first-order chi connectivity index (χ1) is 9.72. The van der Waals surface area contributed by atoms with Crippen molar-refractivity contribution in [2.75, 3.05) is 7.11 Å². The second-order valence-electron chi connectivity index (χ2n) is 4.43. The van der Waals surface area contributed by atoms with Crippen LogP contribution in [0.25, 0.3) is 11.3 Å². The summed E-state index contributed by atoms with van der Waals surface area (Å²) in [5.41, 5.74) is 1.79. The highest BCUT2D eigenvalue weighted by Gasteiger charge is 2.24. The fourth-order valence-corrected chi connectivity index (χ4v) is 2.20. The van der Waals surface area contributed by atoms with Gasteiger partial charge in [0.15, 0.2) is 5.69 Å². The van der Waals surface area contributed by atoms with Gasteiger partial charge in [0.2, 0.25) is 0 Å². The van der Waals surface area contributed by atoms with Gasteiger partial charge in [-0.25, -0.2) is 9.48 Å². The Morgan fingerprint density at radius 1 is 1.30 bits per heavy atom. The van der Waals surface area contributed by atoms with E-state index < -0.39 is 5.97 Å². The molecule has 20 heavy (non-hydrogen) atoms. The summed E-state index contributed by atoms with van der Waals surface area (Å²) in [6.07, 6.45) is 5.19. The maximum atomic E-state index is 11.9. The van der Waals surface area contributed by atoms with Gasteiger partial charge in [0.1, 0.15) is 5.69 Å². The van der Waals surface area contributed by atoms with Crippen LogP contribution in [0, 0.1) is 0 Å². The topological polar surface area (TPSA) is 69.9 Å². The molecular formula is C14H18N4O2. The molecule has 0 saturated heterocycles. The fraction of sp³-hybridized carbons (Fsp3) is 0.429. The van der Waals surface area contributed by atoms with Crippen LogP contribution in [-0.2, 0) is 4.74 Å². The summed E-state index contributed by atoms with van der Waals surface area (Å²) in [5, 5.41) is 8.15. The molecule has 0 atom stereocenters. The van der Waals surface area contributed by atoms with Crippen LogP contribution in [0.1, 0.15) is 43.2 Å². The van der Waals surface area contributed by atoms with Gasteiger partial charge in [0.05, 0.1) is 13.2 Å². The van der Waals surface area contributed by atoms with Gasteiger partial charge in [-0.05, 0) is 25.0 Å². The van der Waals surface area contributed by atoms with Gasteiger partial charge in [0, 0.05) is 18.0 Å². The Morgan fingerprint density at radius 3 is 2.50 bits per heavy atom. The fourth-order valence-electron chi connectivity index (χ4n) is 2.20. The van der Waals surface area contributed by atoms with Gasteiger partial charge >= 0.3 is 5.97 Å². The van der Waals surface area contributed by atoms with E-state index >= 15 is 0 Å². The summed E-state index contributed by atoms with van der Waals surface area (Å²) in [4.78, 5) is 15.9. The van der Waals surface area contributed by atoms with Crippen molar-refractivity contribution in [3.63, 3.8) is 0 Å². The molecule has 0 aliphatic rings. The Kier molecular flexibility index (Phi) is 4.45. The first-order valence-corrected chi connectivity index (χ1v) is 6.66. The van der Waals surface area contributed by atoms with E-state index in [1.807, 2.05) is 16.8 Å². The molecule has 0 fully saturated rings. The molecule has 0 radical (unpaired) electrons. The minimum Gasteiger partial charge on any atom is -0.464 e. The molecule has 106 valence electrons. The number of rotatable bonds is 5. The number of hydrogen-bond donors (Lipinski definition) is 0. The normalized spacial score (nSPS) is 10.8. The minimum absolute atomic E-state index is 0.198. The van der Waals surface area contributed by atoms with Gasteiger partial charge in [-0.2, -0.15) is 0 Å². The molecule has 0 aromatic carbocycles. The highest BCUT2D eigenvalue weighted by molar-refractivity contribution is 5.93. The van der Waals surface area contributed by atoms with Crippen molar-refractivity contribution in [1.29, 1.82) is 0 Å². The number of aromatic nitrogens is 4. The average molecular weight is 274 g/mol. The van der Waals surface area contributed by atoms with Crippen molar-refractivity contribution in [2.45, 2.75) is 32.7 Å². The predicted molar refractivity (Wildman–Crippen MR) is 74.2 cm³/mol. The largest absolute Gasteiger partial charge is 0.464 e. The molecule has 0 aliphatic heterocycles. The second-order valence-corrected chi connectivity index (χ2v) is 4.43. The smallest absolute Gasteiger partial charge is 0.360 e. The van der Waals surface area contributed by atoms with Crippen LogP contribution in [-0.4, -0.2) is 33.1 Å². The van der Waals surface area contributed by atoms with Crippen LogP contribution in [0.5, 0.6) is 0 Å². The van der Waals surface area contributed by atoms with Crippen LogP contribution in [0.2, 0.25) is 0 Å². The van der Waals surface area contributed by atoms with Crippen molar-refractivity contribution < 1.29 is 9.53 Å². The molecule has 0 saturated carbocycles. The number of carbonyl (C=O) groups excluding carboxylic acids is 1. The van der Waals surface area contributed by atoms with Crippen molar-refractivity contribution in [3.8, 4) is 11.3 Å². The van der Waals surface area contributed by atoms with Crippen molar-refractivity contribution in [2.24, 2.45) is 0 Å². The van der Waals surface area contributed by atoms with Gasteiger partial charge in [-0.1, -0.05) is 19.1 Å².